The second kappa shape index (κ2) is 8.21. The van der Waals surface area contributed by atoms with E-state index in [9.17, 15) is 4.79 Å². The van der Waals surface area contributed by atoms with Crippen LogP contribution < -0.4 is 0 Å². The molecule has 0 saturated heterocycles. The lowest BCUT2D eigenvalue weighted by Gasteiger charge is -2.21. The lowest BCUT2D eigenvalue weighted by atomic mass is 9.98. The summed E-state index contributed by atoms with van der Waals surface area (Å²) in [5.74, 6) is -0.231. The van der Waals surface area contributed by atoms with Crippen LogP contribution in [-0.4, -0.2) is 27.3 Å². The zero-order valence-corrected chi connectivity index (χ0v) is 18.9. The predicted molar refractivity (Wildman–Crippen MR) is 118 cm³/mol. The average Bonchev–Trinajstić information content (AvgIpc) is 3.03. The monoisotopic (exact) mass is 414 g/mol. The number of hydrogen-bond donors (Lipinski definition) is 0. The zero-order valence-electron chi connectivity index (χ0n) is 17.3. The number of nitrogens with zero attached hydrogens (tertiary/aromatic N) is 2. The number of carbonyl (C=O) groups is 1. The van der Waals surface area contributed by atoms with Crippen LogP contribution in [0.3, 0.4) is 0 Å². The van der Waals surface area contributed by atoms with Gasteiger partial charge in [0.25, 0.3) is 0 Å². The lowest BCUT2D eigenvalue weighted by molar-refractivity contribution is -0.145. The maximum absolute atomic E-state index is 12.4. The van der Waals surface area contributed by atoms with Crippen molar-refractivity contribution in [3.05, 3.63) is 40.5 Å². The van der Waals surface area contributed by atoms with Crippen LogP contribution in [0.2, 0.25) is 0 Å². The Balaban J connectivity index is 2.19. The molecule has 28 heavy (non-hydrogen) atoms. The molecule has 2 heterocycles. The molecule has 0 bridgehead atoms. The minimum absolute atomic E-state index is 0.231. The maximum atomic E-state index is 12.4. The first kappa shape index (κ1) is 20.8. The van der Waals surface area contributed by atoms with Gasteiger partial charge < -0.3 is 4.74 Å². The number of hydrogen-bond acceptors (Lipinski definition) is 6. The SMILES string of the molecule is CCOC(=O)C(C)(C)Sc1ncnc2sc(CC)c(-c3ccc(C)c(C)c3)c12. The third-order valence-electron chi connectivity index (χ3n) is 4.76. The van der Waals surface area contributed by atoms with E-state index < -0.39 is 4.75 Å². The van der Waals surface area contributed by atoms with Crippen LogP contribution in [0.5, 0.6) is 0 Å². The van der Waals surface area contributed by atoms with Gasteiger partial charge in [0.05, 0.1) is 12.0 Å². The molecule has 2 aromatic heterocycles. The first-order valence-electron chi connectivity index (χ1n) is 9.48. The van der Waals surface area contributed by atoms with Gasteiger partial charge in [-0.1, -0.05) is 36.9 Å². The van der Waals surface area contributed by atoms with Crippen molar-refractivity contribution < 1.29 is 9.53 Å². The molecule has 0 aliphatic heterocycles. The molecule has 0 atom stereocenters. The molecule has 0 saturated carbocycles. The van der Waals surface area contributed by atoms with Gasteiger partial charge in [0, 0.05) is 10.4 Å². The van der Waals surface area contributed by atoms with Crippen LogP contribution in [0.15, 0.2) is 29.6 Å². The number of thiophene rings is 1. The molecule has 0 aliphatic rings. The first-order chi connectivity index (χ1) is 13.3. The molecule has 3 rings (SSSR count). The van der Waals surface area contributed by atoms with Crippen LogP contribution in [0.25, 0.3) is 21.3 Å². The molecule has 0 amide bonds. The summed E-state index contributed by atoms with van der Waals surface area (Å²) in [6.45, 7) is 12.4. The van der Waals surface area contributed by atoms with Crippen molar-refractivity contribution in [2.24, 2.45) is 0 Å². The smallest absolute Gasteiger partial charge is 0.322 e. The molecular formula is C22H26N2O2S2. The van der Waals surface area contributed by atoms with Gasteiger partial charge in [0.15, 0.2) is 0 Å². The summed E-state index contributed by atoms with van der Waals surface area (Å²) < 4.78 is 4.53. The van der Waals surface area contributed by atoms with E-state index in [0.29, 0.717) is 6.61 Å². The van der Waals surface area contributed by atoms with Crippen molar-refractivity contribution >= 4 is 39.3 Å². The topological polar surface area (TPSA) is 52.1 Å². The summed E-state index contributed by atoms with van der Waals surface area (Å²) in [5.41, 5.74) is 4.90. The summed E-state index contributed by atoms with van der Waals surface area (Å²) in [6, 6.07) is 6.56. The second-order valence-electron chi connectivity index (χ2n) is 7.24. The molecule has 148 valence electrons. The van der Waals surface area contributed by atoms with Crippen LogP contribution in [0.1, 0.15) is 43.7 Å². The van der Waals surface area contributed by atoms with Crippen LogP contribution in [0.4, 0.5) is 0 Å². The molecule has 0 fully saturated rings. The van der Waals surface area contributed by atoms with Crippen molar-refractivity contribution in [3.8, 4) is 11.1 Å². The van der Waals surface area contributed by atoms with Gasteiger partial charge in [-0.2, -0.15) is 0 Å². The van der Waals surface area contributed by atoms with E-state index in [0.717, 1.165) is 21.7 Å². The second-order valence-corrected chi connectivity index (χ2v) is 9.94. The summed E-state index contributed by atoms with van der Waals surface area (Å²) in [5, 5.41) is 1.86. The average molecular weight is 415 g/mol. The van der Waals surface area contributed by atoms with Gasteiger partial charge in [-0.25, -0.2) is 9.97 Å². The Hall–Kier alpha value is -1.92. The maximum Gasteiger partial charge on any atom is 0.322 e. The molecule has 0 N–H and O–H groups in total. The Labute approximate surface area is 174 Å². The van der Waals surface area contributed by atoms with E-state index in [1.807, 2.05) is 20.8 Å². The van der Waals surface area contributed by atoms with Crippen LogP contribution >= 0.6 is 23.1 Å². The van der Waals surface area contributed by atoms with Gasteiger partial charge in [-0.05, 0) is 57.7 Å². The molecule has 0 radical (unpaired) electrons. The number of carbonyl (C=O) groups excluding carboxylic acids is 1. The lowest BCUT2D eigenvalue weighted by Crippen LogP contribution is -2.30. The van der Waals surface area contributed by atoms with Gasteiger partial charge in [0.2, 0.25) is 0 Å². The molecule has 6 heteroatoms. The number of aromatic nitrogens is 2. The fourth-order valence-electron chi connectivity index (χ4n) is 3.07. The summed E-state index contributed by atoms with van der Waals surface area (Å²) in [4.78, 5) is 23.8. The molecule has 4 nitrogen and oxygen atoms in total. The summed E-state index contributed by atoms with van der Waals surface area (Å²) in [6.07, 6.45) is 2.51. The van der Waals surface area contributed by atoms with Crippen LogP contribution in [0, 0.1) is 13.8 Å². The van der Waals surface area contributed by atoms with Gasteiger partial charge in [-0.3, -0.25) is 4.79 Å². The highest BCUT2D eigenvalue weighted by molar-refractivity contribution is 8.01. The molecular weight excluding hydrogens is 388 g/mol. The third-order valence-corrected chi connectivity index (χ3v) is 7.18. The molecule has 1 aromatic carbocycles. The molecule has 0 spiro atoms. The highest BCUT2D eigenvalue weighted by Crippen LogP contribution is 2.45. The Morgan fingerprint density at radius 3 is 2.57 bits per heavy atom. The van der Waals surface area contributed by atoms with Gasteiger partial charge in [0.1, 0.15) is 20.9 Å². The largest absolute Gasteiger partial charge is 0.465 e. The highest BCUT2D eigenvalue weighted by Gasteiger charge is 2.33. The van der Waals surface area contributed by atoms with Crippen molar-refractivity contribution in [3.63, 3.8) is 0 Å². The Kier molecular flexibility index (Phi) is 6.10. The molecule has 0 aliphatic carbocycles. The number of fused-ring (bicyclic) bond motifs is 1. The molecule has 0 unspecified atom stereocenters. The summed E-state index contributed by atoms with van der Waals surface area (Å²) in [7, 11) is 0. The minimum Gasteiger partial charge on any atom is -0.465 e. The molecule has 3 aromatic rings. The van der Waals surface area contributed by atoms with E-state index in [2.05, 4.69) is 48.9 Å². The quantitative estimate of drug-likeness (QED) is 0.282. The van der Waals surface area contributed by atoms with E-state index >= 15 is 0 Å². The standard InChI is InChI=1S/C22H26N2O2S2/c1-7-16-17(15-10-9-13(3)14(4)11-15)18-19(27-16)23-12-24-20(18)28-22(5,6)21(25)26-8-2/h9-12H,7-8H2,1-6H3. The Morgan fingerprint density at radius 2 is 1.93 bits per heavy atom. The zero-order chi connectivity index (χ0) is 20.5. The van der Waals surface area contributed by atoms with E-state index in [1.54, 1.807) is 17.7 Å². The van der Waals surface area contributed by atoms with E-state index in [1.165, 1.54) is 38.9 Å². The number of benzene rings is 1. The first-order valence-corrected chi connectivity index (χ1v) is 11.1. The number of rotatable bonds is 6. The number of aryl methyl sites for hydroxylation is 3. The summed E-state index contributed by atoms with van der Waals surface area (Å²) >= 11 is 3.15. The van der Waals surface area contributed by atoms with Crippen molar-refractivity contribution in [2.45, 2.75) is 57.7 Å². The number of thioether (sulfide) groups is 1. The minimum atomic E-state index is -0.730. The Bertz CT molecular complexity index is 1020. The van der Waals surface area contributed by atoms with E-state index in [4.69, 9.17) is 4.74 Å². The number of esters is 1. The van der Waals surface area contributed by atoms with Crippen LogP contribution in [-0.2, 0) is 16.0 Å². The Morgan fingerprint density at radius 1 is 1.18 bits per heavy atom. The van der Waals surface area contributed by atoms with Crippen molar-refractivity contribution in [1.29, 1.82) is 0 Å². The highest BCUT2D eigenvalue weighted by atomic mass is 32.2. The van der Waals surface area contributed by atoms with Gasteiger partial charge >= 0.3 is 5.97 Å². The third kappa shape index (κ3) is 3.94. The fraction of sp³-hybridized carbons (Fsp3) is 0.409. The predicted octanol–water partition coefficient (Wildman–Crippen LogP) is 5.97. The number of ether oxygens (including phenoxy) is 1. The van der Waals surface area contributed by atoms with E-state index in [-0.39, 0.29) is 5.97 Å². The van der Waals surface area contributed by atoms with Crippen molar-refractivity contribution in [2.75, 3.05) is 6.61 Å². The van der Waals surface area contributed by atoms with Gasteiger partial charge in [-0.15, -0.1) is 11.3 Å². The normalized spacial score (nSPS) is 11.8. The van der Waals surface area contributed by atoms with Crippen molar-refractivity contribution in [1.82, 2.24) is 9.97 Å². The fourth-order valence-corrected chi connectivity index (χ4v) is 5.26.